The molecular formula is C12H19N3O. The lowest BCUT2D eigenvalue weighted by Crippen LogP contribution is -2.45. The summed E-state index contributed by atoms with van der Waals surface area (Å²) in [6.07, 6.45) is 0.547. The monoisotopic (exact) mass is 221 g/mol. The van der Waals surface area contributed by atoms with Gasteiger partial charge in [0.25, 0.3) is 0 Å². The molecule has 0 aliphatic rings. The Labute approximate surface area is 96.0 Å². The molecule has 0 saturated carbocycles. The molecule has 0 fully saturated rings. The van der Waals surface area contributed by atoms with E-state index >= 15 is 0 Å². The van der Waals surface area contributed by atoms with Crippen LogP contribution in [0.5, 0.6) is 0 Å². The maximum absolute atomic E-state index is 11.6. The first-order valence-corrected chi connectivity index (χ1v) is 5.42. The lowest BCUT2D eigenvalue weighted by molar-refractivity contribution is -0.122. The van der Waals surface area contributed by atoms with Gasteiger partial charge in [0, 0.05) is 12.6 Å². The molecule has 0 saturated heterocycles. The lowest BCUT2D eigenvalue weighted by Gasteiger charge is -2.13. The molecule has 2 unspecified atom stereocenters. The van der Waals surface area contributed by atoms with Crippen molar-refractivity contribution in [3.05, 3.63) is 35.9 Å². The van der Waals surface area contributed by atoms with Crippen LogP contribution in [0.15, 0.2) is 30.3 Å². The fourth-order valence-electron chi connectivity index (χ4n) is 1.35. The van der Waals surface area contributed by atoms with Crippen molar-refractivity contribution in [1.82, 2.24) is 5.32 Å². The van der Waals surface area contributed by atoms with Crippen LogP contribution < -0.4 is 16.8 Å². The van der Waals surface area contributed by atoms with E-state index in [9.17, 15) is 4.79 Å². The van der Waals surface area contributed by atoms with E-state index in [2.05, 4.69) is 5.32 Å². The fraction of sp³-hybridized carbons (Fsp3) is 0.417. The Balaban J connectivity index is 2.40. The molecule has 0 heterocycles. The Kier molecular flexibility index (Phi) is 4.95. The van der Waals surface area contributed by atoms with Crippen LogP contribution in [0.4, 0.5) is 0 Å². The zero-order valence-electron chi connectivity index (χ0n) is 9.52. The molecule has 4 heteroatoms. The topological polar surface area (TPSA) is 81.1 Å². The van der Waals surface area contributed by atoms with Crippen LogP contribution in [0.1, 0.15) is 12.5 Å². The third-order valence-corrected chi connectivity index (χ3v) is 2.23. The van der Waals surface area contributed by atoms with Gasteiger partial charge in [-0.1, -0.05) is 30.3 Å². The summed E-state index contributed by atoms with van der Waals surface area (Å²) in [5.74, 6) is -0.152. The Hall–Kier alpha value is -1.39. The molecule has 0 aliphatic heterocycles. The van der Waals surface area contributed by atoms with Gasteiger partial charge in [-0.2, -0.15) is 0 Å². The SMILES string of the molecule is CC(N)CNC(=O)C(N)Cc1ccccc1. The Morgan fingerprint density at radius 1 is 1.31 bits per heavy atom. The molecule has 2 atom stereocenters. The molecule has 1 aromatic rings. The first-order valence-electron chi connectivity index (χ1n) is 5.42. The van der Waals surface area contributed by atoms with Gasteiger partial charge in [-0.3, -0.25) is 4.79 Å². The van der Waals surface area contributed by atoms with Crippen molar-refractivity contribution >= 4 is 5.91 Å². The minimum absolute atomic E-state index is 0.0483. The first-order chi connectivity index (χ1) is 7.59. The van der Waals surface area contributed by atoms with E-state index in [4.69, 9.17) is 11.5 Å². The molecule has 0 aliphatic carbocycles. The molecule has 16 heavy (non-hydrogen) atoms. The predicted molar refractivity (Wildman–Crippen MR) is 64.8 cm³/mol. The van der Waals surface area contributed by atoms with Crippen molar-refractivity contribution in [3.63, 3.8) is 0 Å². The van der Waals surface area contributed by atoms with E-state index in [1.807, 2.05) is 37.3 Å². The van der Waals surface area contributed by atoms with Crippen molar-refractivity contribution in [2.75, 3.05) is 6.54 Å². The summed E-state index contributed by atoms with van der Waals surface area (Å²) in [6, 6.07) is 9.15. The van der Waals surface area contributed by atoms with Crippen LogP contribution in [0.2, 0.25) is 0 Å². The number of hydrogen-bond acceptors (Lipinski definition) is 3. The Morgan fingerprint density at radius 3 is 2.50 bits per heavy atom. The number of nitrogens with two attached hydrogens (primary N) is 2. The zero-order chi connectivity index (χ0) is 12.0. The van der Waals surface area contributed by atoms with Gasteiger partial charge in [0.2, 0.25) is 5.91 Å². The van der Waals surface area contributed by atoms with E-state index in [-0.39, 0.29) is 11.9 Å². The van der Waals surface area contributed by atoms with Crippen molar-refractivity contribution in [1.29, 1.82) is 0 Å². The van der Waals surface area contributed by atoms with Crippen molar-refractivity contribution in [2.45, 2.75) is 25.4 Å². The number of carbonyl (C=O) groups is 1. The first kappa shape index (κ1) is 12.7. The second-order valence-electron chi connectivity index (χ2n) is 4.02. The molecule has 5 N–H and O–H groups in total. The molecule has 0 spiro atoms. The molecule has 0 aromatic heterocycles. The van der Waals surface area contributed by atoms with Crippen LogP contribution in [0.25, 0.3) is 0 Å². The van der Waals surface area contributed by atoms with Gasteiger partial charge < -0.3 is 16.8 Å². The molecule has 1 rings (SSSR count). The largest absolute Gasteiger partial charge is 0.353 e. The molecular weight excluding hydrogens is 202 g/mol. The van der Waals surface area contributed by atoms with Gasteiger partial charge in [-0.25, -0.2) is 0 Å². The molecule has 1 amide bonds. The summed E-state index contributed by atoms with van der Waals surface area (Å²) < 4.78 is 0. The fourth-order valence-corrected chi connectivity index (χ4v) is 1.35. The van der Waals surface area contributed by atoms with Gasteiger partial charge in [0.05, 0.1) is 6.04 Å². The van der Waals surface area contributed by atoms with Crippen molar-refractivity contribution in [2.24, 2.45) is 11.5 Å². The minimum atomic E-state index is -0.513. The van der Waals surface area contributed by atoms with Crippen LogP contribution in [0.3, 0.4) is 0 Å². The number of nitrogens with one attached hydrogen (secondary N) is 1. The summed E-state index contributed by atoms with van der Waals surface area (Å²) in [7, 11) is 0. The average molecular weight is 221 g/mol. The summed E-state index contributed by atoms with van der Waals surface area (Å²) in [5.41, 5.74) is 12.4. The molecule has 4 nitrogen and oxygen atoms in total. The smallest absolute Gasteiger partial charge is 0.237 e. The second-order valence-corrected chi connectivity index (χ2v) is 4.02. The van der Waals surface area contributed by atoms with Crippen LogP contribution in [-0.4, -0.2) is 24.5 Å². The van der Waals surface area contributed by atoms with Crippen LogP contribution in [-0.2, 0) is 11.2 Å². The van der Waals surface area contributed by atoms with Gasteiger partial charge in [-0.15, -0.1) is 0 Å². The number of rotatable bonds is 5. The highest BCUT2D eigenvalue weighted by Gasteiger charge is 2.13. The van der Waals surface area contributed by atoms with Gasteiger partial charge in [-0.05, 0) is 18.9 Å². The predicted octanol–water partition coefficient (Wildman–Crippen LogP) is 0.0198. The summed E-state index contributed by atoms with van der Waals surface area (Å²) >= 11 is 0. The summed E-state index contributed by atoms with van der Waals surface area (Å²) in [5, 5.41) is 2.71. The molecule has 88 valence electrons. The highest BCUT2D eigenvalue weighted by atomic mass is 16.2. The number of carbonyl (C=O) groups excluding carboxylic acids is 1. The number of benzene rings is 1. The standard InChI is InChI=1S/C12H19N3O/c1-9(13)8-15-12(16)11(14)7-10-5-3-2-4-6-10/h2-6,9,11H,7-8,13-14H2,1H3,(H,15,16). The number of hydrogen-bond donors (Lipinski definition) is 3. The van der Waals surface area contributed by atoms with Crippen molar-refractivity contribution in [3.8, 4) is 0 Å². The maximum Gasteiger partial charge on any atom is 0.237 e. The highest BCUT2D eigenvalue weighted by Crippen LogP contribution is 2.01. The summed E-state index contributed by atoms with van der Waals surface area (Å²) in [6.45, 7) is 2.30. The van der Waals surface area contributed by atoms with Crippen LogP contribution in [0, 0.1) is 0 Å². The average Bonchev–Trinajstić information content (AvgIpc) is 2.27. The van der Waals surface area contributed by atoms with E-state index in [1.54, 1.807) is 0 Å². The second kappa shape index (κ2) is 6.25. The van der Waals surface area contributed by atoms with E-state index in [0.29, 0.717) is 13.0 Å². The van der Waals surface area contributed by atoms with Crippen LogP contribution >= 0.6 is 0 Å². The van der Waals surface area contributed by atoms with E-state index < -0.39 is 6.04 Å². The zero-order valence-corrected chi connectivity index (χ0v) is 9.52. The summed E-state index contributed by atoms with van der Waals surface area (Å²) in [4.78, 5) is 11.6. The quantitative estimate of drug-likeness (QED) is 0.655. The Bertz CT molecular complexity index is 324. The van der Waals surface area contributed by atoms with E-state index in [1.165, 1.54) is 0 Å². The van der Waals surface area contributed by atoms with Gasteiger partial charge in [0.1, 0.15) is 0 Å². The Morgan fingerprint density at radius 2 is 1.94 bits per heavy atom. The molecule has 0 bridgehead atoms. The van der Waals surface area contributed by atoms with Gasteiger partial charge >= 0.3 is 0 Å². The molecule has 1 aromatic carbocycles. The third kappa shape index (κ3) is 4.42. The lowest BCUT2D eigenvalue weighted by atomic mass is 10.1. The normalized spacial score (nSPS) is 14.2. The highest BCUT2D eigenvalue weighted by molar-refractivity contribution is 5.81. The van der Waals surface area contributed by atoms with Crippen molar-refractivity contribution < 1.29 is 4.79 Å². The maximum atomic E-state index is 11.6. The van der Waals surface area contributed by atoms with E-state index in [0.717, 1.165) is 5.56 Å². The molecule has 0 radical (unpaired) electrons. The third-order valence-electron chi connectivity index (χ3n) is 2.23. The minimum Gasteiger partial charge on any atom is -0.353 e. The number of amides is 1. The van der Waals surface area contributed by atoms with Gasteiger partial charge in [0.15, 0.2) is 0 Å².